The monoisotopic (exact) mass is 212 g/mol. The van der Waals surface area contributed by atoms with Gasteiger partial charge in [-0.05, 0) is 0 Å². The highest BCUT2D eigenvalue weighted by Gasteiger charge is 2.32. The molecule has 0 saturated carbocycles. The lowest BCUT2D eigenvalue weighted by molar-refractivity contribution is 0.720. The fourth-order valence-corrected chi connectivity index (χ4v) is 10.1. The zero-order chi connectivity index (χ0) is 8.32. The maximum atomic E-state index is 6.00. The summed E-state index contributed by atoms with van der Waals surface area (Å²) in [5.74, 6) is 0. The fraction of sp³-hybridized carbons (Fsp3) is 1.00. The van der Waals surface area contributed by atoms with Gasteiger partial charge in [0.2, 0.25) is 0 Å². The molecule has 11 heavy (non-hydrogen) atoms. The van der Waals surface area contributed by atoms with Crippen LogP contribution in [-0.2, 0) is 0 Å². The Morgan fingerprint density at radius 1 is 1.09 bits per heavy atom. The van der Waals surface area contributed by atoms with Crippen LogP contribution in [0.15, 0.2) is 0 Å². The molecule has 0 unspecified atom stereocenters. The first-order valence-electron chi connectivity index (χ1n) is 4.25. The molecule has 1 nitrogen and oxygen atoms in total. The fourth-order valence-electron chi connectivity index (χ4n) is 1.60. The molecule has 2 N–H and O–H groups in total. The van der Waals surface area contributed by atoms with E-state index in [1.807, 2.05) is 0 Å². The van der Waals surface area contributed by atoms with Gasteiger partial charge in [-0.3, -0.25) is 0 Å². The van der Waals surface area contributed by atoms with Crippen LogP contribution in [0.1, 0.15) is 25.7 Å². The van der Waals surface area contributed by atoms with Crippen molar-refractivity contribution in [3.8, 4) is 0 Å². The highest BCUT2D eigenvalue weighted by atomic mass is 29.8. The van der Waals surface area contributed by atoms with Crippen molar-refractivity contribution in [2.45, 2.75) is 37.8 Å². The summed E-state index contributed by atoms with van der Waals surface area (Å²) in [5.41, 5.74) is 0. The quantitative estimate of drug-likeness (QED) is 0.625. The summed E-state index contributed by atoms with van der Waals surface area (Å²) < 4.78 is 0. The van der Waals surface area contributed by atoms with Crippen molar-refractivity contribution in [1.29, 1.82) is 0 Å². The lowest BCUT2D eigenvalue weighted by atomic mass is 10.2. The minimum atomic E-state index is -1.17. The second-order valence-electron chi connectivity index (χ2n) is 3.41. The smallest absolute Gasteiger partial charge is 0.0943 e. The molecule has 0 atom stereocenters. The van der Waals surface area contributed by atoms with Gasteiger partial charge in [-0.15, -0.1) is 0 Å². The van der Waals surface area contributed by atoms with Crippen LogP contribution in [-0.4, -0.2) is 34.6 Å². The Morgan fingerprint density at radius 2 is 1.55 bits per heavy atom. The summed E-state index contributed by atoms with van der Waals surface area (Å²) in [6.45, 7) is 0. The summed E-state index contributed by atoms with van der Waals surface area (Å²) in [6.07, 6.45) is 5.62. The zero-order valence-corrected chi connectivity index (χ0v) is 10.8. The first-order chi connectivity index (χ1) is 5.15. The summed E-state index contributed by atoms with van der Waals surface area (Å²) >= 11 is 0. The predicted molar refractivity (Wildman–Crippen MR) is 55.3 cm³/mol. The SMILES string of the molecule is N[Si]([Si])[Si]1([Si])CCCCCC1. The van der Waals surface area contributed by atoms with Crippen LogP contribution < -0.4 is 5.40 Å². The van der Waals surface area contributed by atoms with Crippen LogP contribution in [0.5, 0.6) is 0 Å². The van der Waals surface area contributed by atoms with E-state index in [2.05, 4.69) is 19.5 Å². The van der Waals surface area contributed by atoms with Gasteiger partial charge in [-0.2, -0.15) is 0 Å². The third-order valence-corrected chi connectivity index (χ3v) is 21.0. The molecule has 7 radical (unpaired) electrons. The van der Waals surface area contributed by atoms with E-state index in [4.69, 9.17) is 5.40 Å². The molecular weight excluding hydrogens is 198 g/mol. The van der Waals surface area contributed by atoms with Crippen molar-refractivity contribution >= 4 is 34.6 Å². The standard InChI is InChI=1S/C6H14NSi4/c7-10(8)11(9)5-3-1-2-4-6-11/h1-7H2. The number of nitrogens with two attached hydrogens (primary N) is 1. The van der Waals surface area contributed by atoms with Gasteiger partial charge in [0.05, 0.1) is 7.99 Å². The van der Waals surface area contributed by atoms with Crippen LogP contribution in [0.25, 0.3) is 0 Å². The van der Waals surface area contributed by atoms with Crippen LogP contribution in [0.2, 0.25) is 12.1 Å². The topological polar surface area (TPSA) is 26.0 Å². The van der Waals surface area contributed by atoms with Gasteiger partial charge in [-0.25, -0.2) is 0 Å². The normalized spacial score (nSPS) is 25.1. The van der Waals surface area contributed by atoms with Gasteiger partial charge in [0.25, 0.3) is 0 Å². The molecule has 1 aliphatic heterocycles. The summed E-state index contributed by atoms with van der Waals surface area (Å²) in [4.78, 5) is 0. The summed E-state index contributed by atoms with van der Waals surface area (Å²) in [7, 11) is 5.78. The third kappa shape index (κ3) is 2.65. The van der Waals surface area contributed by atoms with Crippen molar-refractivity contribution in [3.05, 3.63) is 0 Å². The van der Waals surface area contributed by atoms with E-state index in [0.717, 1.165) is 0 Å². The van der Waals surface area contributed by atoms with Crippen LogP contribution in [0.3, 0.4) is 0 Å². The molecule has 1 saturated heterocycles. The average molecular weight is 213 g/mol. The molecule has 1 rings (SSSR count). The Kier molecular flexibility index (Phi) is 3.76. The number of hydrogen-bond acceptors (Lipinski definition) is 1. The van der Waals surface area contributed by atoms with E-state index < -0.39 is 15.1 Å². The molecule has 0 amide bonds. The minimum Gasteiger partial charge on any atom is -0.356 e. The summed E-state index contributed by atoms with van der Waals surface area (Å²) in [6, 6.07) is 2.77. The highest BCUT2D eigenvalue weighted by molar-refractivity contribution is 7.61. The highest BCUT2D eigenvalue weighted by Crippen LogP contribution is 2.24. The molecule has 0 aromatic carbocycles. The van der Waals surface area contributed by atoms with Crippen LogP contribution in [0, 0.1) is 0 Å². The first kappa shape index (κ1) is 9.91. The van der Waals surface area contributed by atoms with Gasteiger partial charge < -0.3 is 5.40 Å². The van der Waals surface area contributed by atoms with Gasteiger partial charge in [0.1, 0.15) is 0 Å². The molecule has 1 heterocycles. The second-order valence-corrected chi connectivity index (χ2v) is 19.4. The maximum absolute atomic E-state index is 6.00. The second kappa shape index (κ2) is 4.17. The Morgan fingerprint density at radius 3 is 1.91 bits per heavy atom. The molecule has 0 aromatic rings. The van der Waals surface area contributed by atoms with Gasteiger partial charge in [0.15, 0.2) is 0 Å². The molecule has 59 valence electrons. The molecule has 0 spiro atoms. The molecule has 1 aliphatic rings. The minimum absolute atomic E-state index is 0.699. The average Bonchev–Trinajstić information content (AvgIpc) is 2.15. The molecule has 0 aromatic heterocycles. The lowest BCUT2D eigenvalue weighted by Crippen LogP contribution is -2.58. The van der Waals surface area contributed by atoms with Crippen molar-refractivity contribution in [2.75, 3.05) is 0 Å². The van der Waals surface area contributed by atoms with Crippen molar-refractivity contribution in [1.82, 2.24) is 0 Å². The van der Waals surface area contributed by atoms with E-state index in [0.29, 0.717) is 0 Å². The van der Waals surface area contributed by atoms with Crippen LogP contribution in [0.4, 0.5) is 0 Å². The Balaban J connectivity index is 2.52. The van der Waals surface area contributed by atoms with E-state index in [1.165, 1.54) is 37.8 Å². The van der Waals surface area contributed by atoms with Crippen molar-refractivity contribution in [2.24, 2.45) is 5.40 Å². The molecule has 1 fully saturated rings. The van der Waals surface area contributed by atoms with E-state index in [1.54, 1.807) is 0 Å². The van der Waals surface area contributed by atoms with E-state index in [9.17, 15) is 0 Å². The van der Waals surface area contributed by atoms with Crippen LogP contribution >= 0.6 is 0 Å². The molecule has 0 aliphatic carbocycles. The van der Waals surface area contributed by atoms with E-state index in [-0.39, 0.29) is 0 Å². The number of hydrogen-bond donors (Lipinski definition) is 1. The van der Waals surface area contributed by atoms with Gasteiger partial charge in [-0.1, -0.05) is 37.8 Å². The van der Waals surface area contributed by atoms with Gasteiger partial charge >= 0.3 is 0 Å². The Hall–Kier alpha value is 0.828. The molecule has 0 bridgehead atoms. The van der Waals surface area contributed by atoms with Gasteiger partial charge in [0, 0.05) is 26.6 Å². The maximum Gasteiger partial charge on any atom is 0.0943 e. The van der Waals surface area contributed by atoms with E-state index >= 15 is 0 Å². The molecular formula is C6H14NSi4. The Labute approximate surface area is 78.0 Å². The lowest BCUT2D eigenvalue weighted by Gasteiger charge is -2.28. The largest absolute Gasteiger partial charge is 0.356 e. The zero-order valence-electron chi connectivity index (χ0n) is 6.82. The predicted octanol–water partition coefficient (Wildman–Crippen LogP) is 0.368. The first-order valence-corrected chi connectivity index (χ1v) is 12.2. The van der Waals surface area contributed by atoms with Crippen molar-refractivity contribution < 1.29 is 0 Å². The molecule has 5 heteroatoms. The third-order valence-electron chi connectivity index (χ3n) is 2.47. The Bertz CT molecular complexity index is 120. The van der Waals surface area contributed by atoms with Crippen molar-refractivity contribution in [3.63, 3.8) is 0 Å². The summed E-state index contributed by atoms with van der Waals surface area (Å²) in [5, 5.41) is 6.00. The number of rotatable bonds is 1.